The third kappa shape index (κ3) is 2.00. The Morgan fingerprint density at radius 1 is 1.31 bits per heavy atom. The van der Waals surface area contributed by atoms with Gasteiger partial charge in [-0.05, 0) is 5.92 Å². The van der Waals surface area contributed by atoms with E-state index >= 15 is 0 Å². The van der Waals surface area contributed by atoms with Crippen LogP contribution in [0, 0.1) is 5.92 Å². The zero-order valence-corrected chi connectivity index (χ0v) is 10.1. The molecule has 2 heterocycles. The summed E-state index contributed by atoms with van der Waals surface area (Å²) in [6, 6.07) is 0. The molecule has 0 saturated heterocycles. The molecule has 0 fully saturated rings. The van der Waals surface area contributed by atoms with Gasteiger partial charge >= 0.3 is 0 Å². The molecular formula is C10H14ClN5. The Balaban J connectivity index is 2.35. The van der Waals surface area contributed by atoms with E-state index in [-0.39, 0.29) is 0 Å². The maximum Gasteiger partial charge on any atom is 0.183 e. The summed E-state index contributed by atoms with van der Waals surface area (Å²) in [6.07, 6.45) is 3.69. The van der Waals surface area contributed by atoms with Crippen molar-refractivity contribution in [3.63, 3.8) is 0 Å². The maximum atomic E-state index is 5.91. The molecule has 6 heteroatoms. The van der Waals surface area contributed by atoms with Gasteiger partial charge < -0.3 is 0 Å². The summed E-state index contributed by atoms with van der Waals surface area (Å²) in [5, 5.41) is 8.43. The Hall–Kier alpha value is -1.23. The lowest BCUT2D eigenvalue weighted by Gasteiger charge is -2.11. The number of hydrogen-bond acceptors (Lipinski definition) is 4. The van der Waals surface area contributed by atoms with Crippen LogP contribution < -0.4 is 0 Å². The standard InChI is InChI=1S/C10H14ClN5/c1-3-7(4-2)5-16-10-8(14-15-16)9(11)12-6-13-10/h6-7H,3-5H2,1-2H3. The molecule has 0 atom stereocenters. The van der Waals surface area contributed by atoms with Gasteiger partial charge in [-0.25, -0.2) is 14.6 Å². The van der Waals surface area contributed by atoms with Crippen molar-refractivity contribution < 1.29 is 0 Å². The topological polar surface area (TPSA) is 56.5 Å². The van der Waals surface area contributed by atoms with Crippen molar-refractivity contribution in [2.75, 3.05) is 0 Å². The first-order valence-electron chi connectivity index (χ1n) is 5.45. The van der Waals surface area contributed by atoms with Crippen molar-refractivity contribution >= 4 is 22.8 Å². The van der Waals surface area contributed by atoms with Gasteiger partial charge in [-0.1, -0.05) is 43.5 Å². The smallest absolute Gasteiger partial charge is 0.183 e. The Kier molecular flexibility index (Phi) is 3.33. The summed E-state index contributed by atoms with van der Waals surface area (Å²) in [6.45, 7) is 5.18. The second-order valence-corrected chi connectivity index (χ2v) is 4.15. The quantitative estimate of drug-likeness (QED) is 0.769. The molecule has 0 aliphatic carbocycles. The molecule has 2 aromatic heterocycles. The first-order valence-corrected chi connectivity index (χ1v) is 5.83. The number of nitrogens with zero attached hydrogens (tertiary/aromatic N) is 5. The highest BCUT2D eigenvalue weighted by Gasteiger charge is 2.12. The molecule has 86 valence electrons. The van der Waals surface area contributed by atoms with Gasteiger partial charge in [-0.3, -0.25) is 0 Å². The third-order valence-electron chi connectivity index (χ3n) is 2.84. The molecule has 5 nitrogen and oxygen atoms in total. The highest BCUT2D eigenvalue weighted by Crippen LogP contribution is 2.18. The second-order valence-electron chi connectivity index (χ2n) is 3.79. The van der Waals surface area contributed by atoms with Crippen LogP contribution in [-0.2, 0) is 6.54 Å². The predicted octanol–water partition coefficient (Wildman–Crippen LogP) is 2.31. The zero-order chi connectivity index (χ0) is 11.5. The van der Waals surface area contributed by atoms with Crippen molar-refractivity contribution in [1.82, 2.24) is 25.0 Å². The summed E-state index contributed by atoms with van der Waals surface area (Å²) in [5.74, 6) is 0.596. The molecule has 0 aromatic carbocycles. The fourth-order valence-electron chi connectivity index (χ4n) is 1.68. The number of aromatic nitrogens is 5. The molecule has 0 saturated carbocycles. The van der Waals surface area contributed by atoms with Crippen LogP contribution in [0.2, 0.25) is 5.15 Å². The molecular weight excluding hydrogens is 226 g/mol. The van der Waals surface area contributed by atoms with Crippen molar-refractivity contribution in [1.29, 1.82) is 0 Å². The third-order valence-corrected chi connectivity index (χ3v) is 3.12. The van der Waals surface area contributed by atoms with Crippen LogP contribution in [0.1, 0.15) is 26.7 Å². The SMILES string of the molecule is CCC(CC)Cn1nnc2c(Cl)ncnc21. The van der Waals surface area contributed by atoms with Crippen molar-refractivity contribution in [2.24, 2.45) is 5.92 Å². The number of hydrogen-bond donors (Lipinski definition) is 0. The fourth-order valence-corrected chi connectivity index (χ4v) is 1.85. The lowest BCUT2D eigenvalue weighted by Crippen LogP contribution is -2.11. The Bertz CT molecular complexity index is 477. The minimum Gasteiger partial charge on any atom is -0.227 e. The van der Waals surface area contributed by atoms with Gasteiger partial charge in [0.1, 0.15) is 6.33 Å². The van der Waals surface area contributed by atoms with Gasteiger partial charge in [-0.15, -0.1) is 5.10 Å². The van der Waals surface area contributed by atoms with Gasteiger partial charge in [0.25, 0.3) is 0 Å². The van der Waals surface area contributed by atoms with Gasteiger partial charge in [0.15, 0.2) is 16.3 Å². The minimum atomic E-state index is 0.362. The van der Waals surface area contributed by atoms with Crippen LogP contribution in [0.4, 0.5) is 0 Å². The summed E-state index contributed by atoms with van der Waals surface area (Å²) < 4.78 is 1.81. The summed E-state index contributed by atoms with van der Waals surface area (Å²) >= 11 is 5.91. The molecule has 0 aliphatic heterocycles. The number of halogens is 1. The summed E-state index contributed by atoms with van der Waals surface area (Å²) in [7, 11) is 0. The molecule has 16 heavy (non-hydrogen) atoms. The maximum absolute atomic E-state index is 5.91. The van der Waals surface area contributed by atoms with E-state index < -0.39 is 0 Å². The van der Waals surface area contributed by atoms with Gasteiger partial charge in [0.2, 0.25) is 0 Å². The van der Waals surface area contributed by atoms with Crippen molar-refractivity contribution in [3.8, 4) is 0 Å². The molecule has 0 unspecified atom stereocenters. The molecule has 0 radical (unpaired) electrons. The molecule has 0 spiro atoms. The Morgan fingerprint density at radius 3 is 2.75 bits per heavy atom. The number of rotatable bonds is 4. The zero-order valence-electron chi connectivity index (χ0n) is 9.39. The van der Waals surface area contributed by atoms with E-state index in [9.17, 15) is 0 Å². The molecule has 0 N–H and O–H groups in total. The molecule has 0 aliphatic rings. The largest absolute Gasteiger partial charge is 0.227 e. The van der Waals surface area contributed by atoms with Crippen molar-refractivity contribution in [2.45, 2.75) is 33.2 Å². The van der Waals surface area contributed by atoms with Crippen LogP contribution in [0.3, 0.4) is 0 Å². The van der Waals surface area contributed by atoms with E-state index in [4.69, 9.17) is 11.6 Å². The lowest BCUT2D eigenvalue weighted by molar-refractivity contribution is 0.396. The fraction of sp³-hybridized carbons (Fsp3) is 0.600. The average Bonchev–Trinajstić information content (AvgIpc) is 2.71. The first kappa shape index (κ1) is 11.3. The van der Waals surface area contributed by atoms with Crippen LogP contribution in [0.5, 0.6) is 0 Å². The van der Waals surface area contributed by atoms with Crippen LogP contribution in [0.15, 0.2) is 6.33 Å². The number of fused-ring (bicyclic) bond motifs is 1. The molecule has 0 amide bonds. The summed E-state index contributed by atoms with van der Waals surface area (Å²) in [4.78, 5) is 8.04. The van der Waals surface area contributed by atoms with Crippen LogP contribution in [0.25, 0.3) is 11.2 Å². The highest BCUT2D eigenvalue weighted by atomic mass is 35.5. The van der Waals surface area contributed by atoms with E-state index in [1.54, 1.807) is 4.68 Å². The van der Waals surface area contributed by atoms with E-state index in [0.717, 1.165) is 19.4 Å². The van der Waals surface area contributed by atoms with E-state index in [1.807, 2.05) is 0 Å². The highest BCUT2D eigenvalue weighted by molar-refractivity contribution is 6.33. The Morgan fingerprint density at radius 2 is 2.06 bits per heavy atom. The van der Waals surface area contributed by atoms with Gasteiger partial charge in [0.05, 0.1) is 0 Å². The monoisotopic (exact) mass is 239 g/mol. The van der Waals surface area contributed by atoms with Crippen LogP contribution in [-0.4, -0.2) is 25.0 Å². The van der Waals surface area contributed by atoms with E-state index in [2.05, 4.69) is 34.1 Å². The van der Waals surface area contributed by atoms with Crippen LogP contribution >= 0.6 is 11.6 Å². The second kappa shape index (κ2) is 4.74. The van der Waals surface area contributed by atoms with E-state index in [1.165, 1.54) is 6.33 Å². The lowest BCUT2D eigenvalue weighted by atomic mass is 10.0. The first-order chi connectivity index (χ1) is 7.76. The summed E-state index contributed by atoms with van der Waals surface area (Å²) in [5.41, 5.74) is 1.29. The minimum absolute atomic E-state index is 0.362. The predicted molar refractivity (Wildman–Crippen MR) is 62.2 cm³/mol. The average molecular weight is 240 g/mol. The van der Waals surface area contributed by atoms with E-state index in [0.29, 0.717) is 22.2 Å². The normalized spacial score (nSPS) is 11.5. The van der Waals surface area contributed by atoms with Gasteiger partial charge in [-0.2, -0.15) is 0 Å². The molecule has 0 bridgehead atoms. The molecule has 2 aromatic rings. The van der Waals surface area contributed by atoms with Crippen molar-refractivity contribution in [3.05, 3.63) is 11.5 Å². The van der Waals surface area contributed by atoms with Gasteiger partial charge in [0, 0.05) is 6.54 Å². The Labute approximate surface area is 98.8 Å². The molecule has 2 rings (SSSR count).